The third-order valence-corrected chi connectivity index (χ3v) is 4.30. The van der Waals surface area contributed by atoms with Gasteiger partial charge >= 0.3 is 0 Å². The van der Waals surface area contributed by atoms with Gasteiger partial charge in [0.25, 0.3) is 5.91 Å². The number of carbonyl (C=O) groups is 1. The van der Waals surface area contributed by atoms with Crippen LogP contribution in [0.2, 0.25) is 0 Å². The second-order valence-corrected chi connectivity index (χ2v) is 6.22. The number of ether oxygens (including phenoxy) is 1. The number of rotatable bonds is 6. The molecule has 0 radical (unpaired) electrons. The van der Waals surface area contributed by atoms with Crippen LogP contribution < -0.4 is 15.4 Å². The van der Waals surface area contributed by atoms with E-state index in [0.717, 1.165) is 33.9 Å². The number of amides is 1. The lowest BCUT2D eigenvalue weighted by molar-refractivity contribution is 0.102. The van der Waals surface area contributed by atoms with E-state index >= 15 is 0 Å². The maximum atomic E-state index is 12.4. The fraction of sp³-hybridized carbons (Fsp3) is 0.182. The average molecular weight is 361 g/mol. The molecule has 1 heterocycles. The van der Waals surface area contributed by atoms with Crippen molar-refractivity contribution in [3.8, 4) is 5.75 Å². The molecule has 0 unspecified atom stereocenters. The van der Waals surface area contributed by atoms with Crippen LogP contribution in [0.3, 0.4) is 0 Å². The van der Waals surface area contributed by atoms with Gasteiger partial charge in [-0.2, -0.15) is 0 Å². The average Bonchev–Trinajstić information content (AvgIpc) is 2.68. The maximum absolute atomic E-state index is 12.4. The molecule has 138 valence electrons. The predicted molar refractivity (Wildman–Crippen MR) is 109 cm³/mol. The first-order chi connectivity index (χ1) is 13.1. The van der Waals surface area contributed by atoms with Gasteiger partial charge in [-0.05, 0) is 74.4 Å². The minimum absolute atomic E-state index is 0.226. The van der Waals surface area contributed by atoms with Crippen molar-refractivity contribution < 1.29 is 9.53 Å². The SMILES string of the molecule is CCOc1ccc(Nc2ccc(C(=O)Nc3cccc(C)c3C)nc2)cc1. The second-order valence-electron chi connectivity index (χ2n) is 6.22. The molecule has 0 bridgehead atoms. The summed E-state index contributed by atoms with van der Waals surface area (Å²) in [6, 6.07) is 17.1. The van der Waals surface area contributed by atoms with Crippen LogP contribution >= 0.6 is 0 Å². The van der Waals surface area contributed by atoms with Crippen LogP contribution in [0.15, 0.2) is 60.8 Å². The van der Waals surface area contributed by atoms with Crippen LogP contribution in [-0.4, -0.2) is 17.5 Å². The van der Waals surface area contributed by atoms with Crippen molar-refractivity contribution in [2.24, 2.45) is 0 Å². The molecule has 0 saturated heterocycles. The molecule has 0 atom stereocenters. The molecule has 3 aromatic rings. The summed E-state index contributed by atoms with van der Waals surface area (Å²) in [6.07, 6.45) is 1.65. The summed E-state index contributed by atoms with van der Waals surface area (Å²) in [7, 11) is 0. The highest BCUT2D eigenvalue weighted by atomic mass is 16.5. The molecule has 1 aromatic heterocycles. The molecule has 0 aliphatic carbocycles. The van der Waals surface area contributed by atoms with Crippen molar-refractivity contribution in [3.63, 3.8) is 0 Å². The molecule has 2 aromatic carbocycles. The Bertz CT molecular complexity index is 919. The first-order valence-electron chi connectivity index (χ1n) is 8.90. The summed E-state index contributed by atoms with van der Waals surface area (Å²) in [6.45, 7) is 6.60. The molecule has 3 rings (SSSR count). The number of aromatic nitrogens is 1. The highest BCUT2D eigenvalue weighted by molar-refractivity contribution is 6.03. The predicted octanol–water partition coefficient (Wildman–Crippen LogP) is 5.09. The van der Waals surface area contributed by atoms with E-state index < -0.39 is 0 Å². The summed E-state index contributed by atoms with van der Waals surface area (Å²) >= 11 is 0. The van der Waals surface area contributed by atoms with Gasteiger partial charge in [-0.25, -0.2) is 4.98 Å². The fourth-order valence-electron chi connectivity index (χ4n) is 2.64. The summed E-state index contributed by atoms with van der Waals surface area (Å²) in [5.74, 6) is 0.607. The number of pyridine rings is 1. The quantitative estimate of drug-likeness (QED) is 0.642. The van der Waals surface area contributed by atoms with Crippen LogP contribution in [0.1, 0.15) is 28.5 Å². The van der Waals surface area contributed by atoms with Crippen LogP contribution in [0.25, 0.3) is 0 Å². The van der Waals surface area contributed by atoms with Crippen LogP contribution in [0, 0.1) is 13.8 Å². The number of nitrogens with zero attached hydrogens (tertiary/aromatic N) is 1. The van der Waals surface area contributed by atoms with Gasteiger partial charge in [0.15, 0.2) is 0 Å². The Hall–Kier alpha value is -3.34. The summed E-state index contributed by atoms with van der Waals surface area (Å²) in [4.78, 5) is 16.7. The van der Waals surface area contributed by atoms with Gasteiger partial charge in [0.1, 0.15) is 11.4 Å². The van der Waals surface area contributed by atoms with E-state index in [1.165, 1.54) is 0 Å². The smallest absolute Gasteiger partial charge is 0.274 e. The fourth-order valence-corrected chi connectivity index (χ4v) is 2.64. The molecule has 5 heteroatoms. The molecule has 0 saturated carbocycles. The molecule has 0 spiro atoms. The van der Waals surface area contributed by atoms with Crippen molar-refractivity contribution in [2.75, 3.05) is 17.2 Å². The van der Waals surface area contributed by atoms with E-state index in [4.69, 9.17) is 4.74 Å². The molecular formula is C22H23N3O2. The maximum Gasteiger partial charge on any atom is 0.274 e. The molecule has 0 aliphatic heterocycles. The molecule has 0 fully saturated rings. The standard InChI is InChI=1S/C22H23N3O2/c1-4-27-19-11-8-17(9-12-19)24-18-10-13-21(23-14-18)22(26)25-20-7-5-6-15(2)16(20)3/h5-14,24H,4H2,1-3H3,(H,25,26). The van der Waals surface area contributed by atoms with Gasteiger partial charge in [0.05, 0.1) is 18.5 Å². The lowest BCUT2D eigenvalue weighted by Gasteiger charge is -2.11. The summed E-state index contributed by atoms with van der Waals surface area (Å²) in [5.41, 5.74) is 5.09. The van der Waals surface area contributed by atoms with E-state index in [9.17, 15) is 4.79 Å². The Morgan fingerprint density at radius 2 is 1.74 bits per heavy atom. The van der Waals surface area contributed by atoms with Gasteiger partial charge in [-0.1, -0.05) is 12.1 Å². The van der Waals surface area contributed by atoms with Crippen molar-refractivity contribution in [1.29, 1.82) is 0 Å². The van der Waals surface area contributed by atoms with Crippen molar-refractivity contribution >= 4 is 23.0 Å². The summed E-state index contributed by atoms with van der Waals surface area (Å²) < 4.78 is 5.43. The van der Waals surface area contributed by atoms with Crippen molar-refractivity contribution in [3.05, 3.63) is 77.6 Å². The van der Waals surface area contributed by atoms with Crippen LogP contribution in [-0.2, 0) is 0 Å². The molecular weight excluding hydrogens is 338 g/mol. The van der Waals surface area contributed by atoms with Crippen LogP contribution in [0.4, 0.5) is 17.1 Å². The number of nitrogens with one attached hydrogen (secondary N) is 2. The Morgan fingerprint density at radius 3 is 2.41 bits per heavy atom. The number of benzene rings is 2. The minimum Gasteiger partial charge on any atom is -0.494 e. The van der Waals surface area contributed by atoms with Crippen molar-refractivity contribution in [1.82, 2.24) is 4.98 Å². The van der Waals surface area contributed by atoms with E-state index in [1.54, 1.807) is 12.3 Å². The molecule has 27 heavy (non-hydrogen) atoms. The lowest BCUT2D eigenvalue weighted by atomic mass is 10.1. The molecule has 0 aliphatic rings. The van der Waals surface area contributed by atoms with E-state index in [-0.39, 0.29) is 5.91 Å². The zero-order chi connectivity index (χ0) is 19.2. The lowest BCUT2D eigenvalue weighted by Crippen LogP contribution is -2.14. The zero-order valence-electron chi connectivity index (χ0n) is 15.7. The third kappa shape index (κ3) is 4.64. The Labute approximate surface area is 159 Å². The first-order valence-corrected chi connectivity index (χ1v) is 8.90. The van der Waals surface area contributed by atoms with E-state index in [0.29, 0.717) is 12.3 Å². The van der Waals surface area contributed by atoms with Gasteiger partial charge in [-0.3, -0.25) is 4.79 Å². The molecule has 2 N–H and O–H groups in total. The van der Waals surface area contributed by atoms with Gasteiger partial charge in [-0.15, -0.1) is 0 Å². The monoisotopic (exact) mass is 361 g/mol. The van der Waals surface area contributed by atoms with E-state index in [1.807, 2.05) is 69.3 Å². The Kier molecular flexibility index (Phi) is 5.71. The minimum atomic E-state index is -0.226. The van der Waals surface area contributed by atoms with Gasteiger partial charge < -0.3 is 15.4 Å². The zero-order valence-corrected chi connectivity index (χ0v) is 15.7. The Morgan fingerprint density at radius 1 is 1.00 bits per heavy atom. The highest BCUT2D eigenvalue weighted by Crippen LogP contribution is 2.21. The van der Waals surface area contributed by atoms with Crippen molar-refractivity contribution in [2.45, 2.75) is 20.8 Å². The number of carbonyl (C=O) groups excluding carboxylic acids is 1. The number of anilines is 3. The van der Waals surface area contributed by atoms with Gasteiger partial charge in [0.2, 0.25) is 0 Å². The van der Waals surface area contributed by atoms with E-state index in [2.05, 4.69) is 15.6 Å². The van der Waals surface area contributed by atoms with Gasteiger partial charge in [0, 0.05) is 11.4 Å². The second kappa shape index (κ2) is 8.36. The normalized spacial score (nSPS) is 10.3. The number of aryl methyl sites for hydroxylation is 1. The third-order valence-electron chi connectivity index (χ3n) is 4.30. The molecule has 1 amide bonds. The summed E-state index contributed by atoms with van der Waals surface area (Å²) in [5, 5.41) is 6.17. The number of hydrogen-bond donors (Lipinski definition) is 2. The highest BCUT2D eigenvalue weighted by Gasteiger charge is 2.10. The first kappa shape index (κ1) is 18.5. The topological polar surface area (TPSA) is 63.2 Å². The van der Waals surface area contributed by atoms with Crippen LogP contribution in [0.5, 0.6) is 5.75 Å². The number of hydrogen-bond acceptors (Lipinski definition) is 4. The Balaban J connectivity index is 1.65. The molecule has 5 nitrogen and oxygen atoms in total. The largest absolute Gasteiger partial charge is 0.494 e.